The van der Waals surface area contributed by atoms with Crippen LogP contribution in [0.5, 0.6) is 0 Å². The van der Waals surface area contributed by atoms with Gasteiger partial charge in [-0.2, -0.15) is 5.10 Å². The van der Waals surface area contributed by atoms with Gasteiger partial charge < -0.3 is 15.3 Å². The van der Waals surface area contributed by atoms with Crippen LogP contribution in [-0.2, 0) is 13.6 Å². The first kappa shape index (κ1) is 17.5. The van der Waals surface area contributed by atoms with Crippen LogP contribution in [0.15, 0.2) is 36.5 Å². The number of carbonyl (C=O) groups excluding carboxylic acids is 1. The van der Waals surface area contributed by atoms with Gasteiger partial charge in [0, 0.05) is 38.0 Å². The zero-order chi connectivity index (χ0) is 17.9. The third kappa shape index (κ3) is 4.20. The first-order valence-corrected chi connectivity index (χ1v) is 8.76. The van der Waals surface area contributed by atoms with Crippen molar-refractivity contribution in [3.63, 3.8) is 0 Å². The van der Waals surface area contributed by atoms with Crippen LogP contribution >= 0.6 is 0 Å². The van der Waals surface area contributed by atoms with Gasteiger partial charge in [0.15, 0.2) is 0 Å². The molecule has 3 rings (SSSR count). The highest BCUT2D eigenvalue weighted by atomic mass is 16.3. The van der Waals surface area contributed by atoms with Crippen LogP contribution in [0, 0.1) is 0 Å². The minimum Gasteiger partial charge on any atom is -0.388 e. The number of urea groups is 1. The first-order valence-electron chi connectivity index (χ1n) is 8.76. The molecule has 0 unspecified atom stereocenters. The lowest BCUT2D eigenvalue weighted by Gasteiger charge is -2.28. The van der Waals surface area contributed by atoms with Gasteiger partial charge in [0.1, 0.15) is 0 Å². The third-order valence-electron chi connectivity index (χ3n) is 4.79. The molecule has 2 aromatic rings. The van der Waals surface area contributed by atoms with Crippen molar-refractivity contribution < 1.29 is 9.90 Å². The van der Waals surface area contributed by atoms with Crippen LogP contribution < -0.4 is 5.32 Å². The fourth-order valence-electron chi connectivity index (χ4n) is 3.52. The molecule has 1 aromatic carbocycles. The fraction of sp³-hybridized carbons (Fsp3) is 0.474. The highest BCUT2D eigenvalue weighted by Gasteiger charge is 2.33. The minimum absolute atomic E-state index is 0.178. The maximum absolute atomic E-state index is 12.4. The van der Waals surface area contributed by atoms with E-state index in [0.717, 1.165) is 42.5 Å². The molecule has 0 aliphatic heterocycles. The van der Waals surface area contributed by atoms with E-state index < -0.39 is 5.60 Å². The van der Waals surface area contributed by atoms with Gasteiger partial charge in [-0.25, -0.2) is 4.79 Å². The minimum atomic E-state index is -0.727. The van der Waals surface area contributed by atoms with Crippen LogP contribution in [0.4, 0.5) is 4.79 Å². The van der Waals surface area contributed by atoms with E-state index >= 15 is 0 Å². The molecule has 134 valence electrons. The van der Waals surface area contributed by atoms with Crippen molar-refractivity contribution in [2.45, 2.75) is 37.8 Å². The molecule has 6 heteroatoms. The molecule has 1 fully saturated rings. The molecular weight excluding hydrogens is 316 g/mol. The zero-order valence-corrected chi connectivity index (χ0v) is 14.9. The van der Waals surface area contributed by atoms with E-state index in [-0.39, 0.29) is 6.03 Å². The Hall–Kier alpha value is -2.34. The van der Waals surface area contributed by atoms with Crippen molar-refractivity contribution in [3.05, 3.63) is 42.1 Å². The summed E-state index contributed by atoms with van der Waals surface area (Å²) in [7, 11) is 3.60. The number of amides is 2. The van der Waals surface area contributed by atoms with E-state index in [4.69, 9.17) is 0 Å². The first-order chi connectivity index (χ1) is 12.0. The van der Waals surface area contributed by atoms with Gasteiger partial charge in [0.05, 0.1) is 17.8 Å². The number of aliphatic hydroxyl groups is 1. The molecule has 2 N–H and O–H groups in total. The smallest absolute Gasteiger partial charge is 0.317 e. The summed E-state index contributed by atoms with van der Waals surface area (Å²) in [6.45, 7) is 0.775. The van der Waals surface area contributed by atoms with Crippen LogP contribution in [0.2, 0.25) is 0 Å². The molecule has 25 heavy (non-hydrogen) atoms. The summed E-state index contributed by atoms with van der Waals surface area (Å²) in [6, 6.07) is 9.76. The molecule has 1 aromatic heterocycles. The monoisotopic (exact) mass is 342 g/mol. The molecule has 1 aliphatic rings. The van der Waals surface area contributed by atoms with Gasteiger partial charge in [-0.05, 0) is 12.8 Å². The van der Waals surface area contributed by atoms with Crippen molar-refractivity contribution in [2.75, 3.05) is 13.6 Å². The second kappa shape index (κ2) is 7.27. The zero-order valence-electron chi connectivity index (χ0n) is 14.9. The van der Waals surface area contributed by atoms with Crippen LogP contribution in [0.1, 0.15) is 31.2 Å². The van der Waals surface area contributed by atoms with E-state index in [1.807, 2.05) is 43.6 Å². The summed E-state index contributed by atoms with van der Waals surface area (Å²) in [5.41, 5.74) is 2.15. The number of rotatable bonds is 5. The Morgan fingerprint density at radius 3 is 2.68 bits per heavy atom. The number of aromatic nitrogens is 2. The Labute approximate surface area is 148 Å². The molecule has 0 spiro atoms. The van der Waals surface area contributed by atoms with Gasteiger partial charge in [-0.15, -0.1) is 0 Å². The Morgan fingerprint density at radius 1 is 1.32 bits per heavy atom. The molecular formula is C19H26N4O2. The van der Waals surface area contributed by atoms with Crippen molar-refractivity contribution in [1.29, 1.82) is 0 Å². The normalized spacial score (nSPS) is 16.0. The number of carbonyl (C=O) groups is 1. The lowest BCUT2D eigenvalue weighted by Crippen LogP contribution is -2.45. The number of nitrogens with zero attached hydrogens (tertiary/aromatic N) is 3. The number of benzene rings is 1. The number of likely N-dealkylation sites (N-methyl/N-ethyl adjacent to an activating group) is 1. The Kier molecular flexibility index (Phi) is 5.08. The lowest BCUT2D eigenvalue weighted by atomic mass is 10.0. The molecule has 0 radical (unpaired) electrons. The molecule has 1 saturated carbocycles. The number of hydrogen-bond acceptors (Lipinski definition) is 3. The summed E-state index contributed by atoms with van der Waals surface area (Å²) in [4.78, 5) is 14.0. The second-order valence-electron chi connectivity index (χ2n) is 6.99. The molecule has 0 bridgehead atoms. The summed E-state index contributed by atoms with van der Waals surface area (Å²) in [5, 5.41) is 17.9. The van der Waals surface area contributed by atoms with Crippen LogP contribution in [-0.4, -0.2) is 45.0 Å². The topological polar surface area (TPSA) is 70.4 Å². The molecule has 0 saturated heterocycles. The maximum Gasteiger partial charge on any atom is 0.317 e. The fourth-order valence-corrected chi connectivity index (χ4v) is 3.52. The van der Waals surface area contributed by atoms with Crippen molar-refractivity contribution in [3.8, 4) is 11.3 Å². The van der Waals surface area contributed by atoms with E-state index in [1.54, 1.807) is 16.6 Å². The summed E-state index contributed by atoms with van der Waals surface area (Å²) < 4.78 is 1.76. The predicted molar refractivity (Wildman–Crippen MR) is 96.9 cm³/mol. The third-order valence-corrected chi connectivity index (χ3v) is 4.79. The van der Waals surface area contributed by atoms with E-state index in [9.17, 15) is 9.90 Å². The number of aryl methyl sites for hydroxylation is 1. The number of hydrogen-bond donors (Lipinski definition) is 2. The lowest BCUT2D eigenvalue weighted by molar-refractivity contribution is 0.0247. The van der Waals surface area contributed by atoms with E-state index in [1.165, 1.54) is 0 Å². The Balaban J connectivity index is 1.62. The van der Waals surface area contributed by atoms with Crippen molar-refractivity contribution in [2.24, 2.45) is 7.05 Å². The Bertz CT molecular complexity index is 720. The Morgan fingerprint density at radius 2 is 2.00 bits per heavy atom. The molecule has 1 aliphatic carbocycles. The average Bonchev–Trinajstić information content (AvgIpc) is 3.19. The maximum atomic E-state index is 12.4. The largest absolute Gasteiger partial charge is 0.388 e. The van der Waals surface area contributed by atoms with Crippen LogP contribution in [0.3, 0.4) is 0 Å². The summed E-state index contributed by atoms with van der Waals surface area (Å²) in [6.07, 6.45) is 5.52. The van der Waals surface area contributed by atoms with Gasteiger partial charge >= 0.3 is 6.03 Å². The van der Waals surface area contributed by atoms with Crippen LogP contribution in [0.25, 0.3) is 11.3 Å². The highest BCUT2D eigenvalue weighted by molar-refractivity contribution is 5.74. The highest BCUT2D eigenvalue weighted by Crippen LogP contribution is 2.30. The standard InChI is InChI=1S/C19H26N4O2/c1-22(14-19(25)10-6-7-11-19)18(24)20-12-16-13-23(2)21-17(16)15-8-4-3-5-9-15/h3-5,8-9,13,25H,6-7,10-12,14H2,1-2H3,(H,20,24). The van der Waals surface area contributed by atoms with E-state index in [0.29, 0.717) is 13.1 Å². The summed E-state index contributed by atoms with van der Waals surface area (Å²) in [5.74, 6) is 0. The van der Waals surface area contributed by atoms with Gasteiger partial charge in [-0.1, -0.05) is 43.2 Å². The van der Waals surface area contributed by atoms with Gasteiger partial charge in [-0.3, -0.25) is 4.68 Å². The SMILES string of the molecule is CN(CC1(O)CCCC1)C(=O)NCc1cn(C)nc1-c1ccccc1. The van der Waals surface area contributed by atoms with E-state index in [2.05, 4.69) is 10.4 Å². The molecule has 1 heterocycles. The van der Waals surface area contributed by atoms with Crippen molar-refractivity contribution in [1.82, 2.24) is 20.0 Å². The quantitative estimate of drug-likeness (QED) is 0.877. The predicted octanol–water partition coefficient (Wildman–Crippen LogP) is 2.53. The molecule has 6 nitrogen and oxygen atoms in total. The number of nitrogens with one attached hydrogen (secondary N) is 1. The second-order valence-corrected chi connectivity index (χ2v) is 6.99. The van der Waals surface area contributed by atoms with Gasteiger partial charge in [0.2, 0.25) is 0 Å². The molecule has 2 amide bonds. The summed E-state index contributed by atoms with van der Waals surface area (Å²) >= 11 is 0. The molecule has 0 atom stereocenters. The van der Waals surface area contributed by atoms with Gasteiger partial charge in [0.25, 0.3) is 0 Å². The van der Waals surface area contributed by atoms with Crippen molar-refractivity contribution >= 4 is 6.03 Å². The average molecular weight is 342 g/mol.